The fourth-order valence-corrected chi connectivity index (χ4v) is 3.29. The molecule has 0 bridgehead atoms. The van der Waals surface area contributed by atoms with E-state index in [0.29, 0.717) is 0 Å². The van der Waals surface area contributed by atoms with E-state index in [1.54, 1.807) is 11.3 Å². The fourth-order valence-electron chi connectivity index (χ4n) is 2.63. The number of amides is 1. The Kier molecular flexibility index (Phi) is 4.36. The van der Waals surface area contributed by atoms with E-state index in [-0.39, 0.29) is 5.91 Å². The second kappa shape index (κ2) is 6.41. The molecule has 1 saturated heterocycles. The number of aryl methyl sites for hydroxylation is 1. The zero-order chi connectivity index (χ0) is 14.7. The summed E-state index contributed by atoms with van der Waals surface area (Å²) in [6.07, 6.45) is 0. The molecule has 3 nitrogen and oxygen atoms in total. The number of piperazine rings is 1. The van der Waals surface area contributed by atoms with Crippen LogP contribution in [0.15, 0.2) is 41.1 Å². The topological polar surface area (TPSA) is 23.6 Å². The van der Waals surface area contributed by atoms with E-state index >= 15 is 0 Å². The highest BCUT2D eigenvalue weighted by Gasteiger charge is 2.22. The first-order valence-electron chi connectivity index (χ1n) is 7.32. The van der Waals surface area contributed by atoms with Crippen LogP contribution in [0.2, 0.25) is 0 Å². The molecule has 0 atom stereocenters. The van der Waals surface area contributed by atoms with Gasteiger partial charge in [-0.05, 0) is 41.4 Å². The van der Waals surface area contributed by atoms with Crippen LogP contribution in [0.5, 0.6) is 0 Å². The molecular weight excluding hydrogens is 280 g/mol. The molecule has 0 spiro atoms. The molecule has 1 aromatic carbocycles. The minimum Gasteiger partial charge on any atom is -0.336 e. The van der Waals surface area contributed by atoms with Crippen LogP contribution >= 0.6 is 11.3 Å². The number of rotatable bonds is 3. The molecule has 3 rings (SSSR count). The van der Waals surface area contributed by atoms with Crippen LogP contribution in [0.3, 0.4) is 0 Å². The Labute approximate surface area is 129 Å². The van der Waals surface area contributed by atoms with Gasteiger partial charge in [0.05, 0.1) is 0 Å². The van der Waals surface area contributed by atoms with Crippen LogP contribution in [-0.2, 0) is 6.54 Å². The Hall–Kier alpha value is -1.65. The van der Waals surface area contributed by atoms with Crippen LogP contribution in [0.25, 0.3) is 0 Å². The molecule has 21 heavy (non-hydrogen) atoms. The summed E-state index contributed by atoms with van der Waals surface area (Å²) in [5.41, 5.74) is 3.36. The van der Waals surface area contributed by atoms with Crippen molar-refractivity contribution < 1.29 is 4.79 Å². The number of hydrogen-bond donors (Lipinski definition) is 0. The molecule has 1 amide bonds. The lowest BCUT2D eigenvalue weighted by Crippen LogP contribution is -2.48. The number of carbonyl (C=O) groups excluding carboxylic acids is 1. The van der Waals surface area contributed by atoms with E-state index in [1.165, 1.54) is 11.1 Å². The van der Waals surface area contributed by atoms with Crippen molar-refractivity contribution in [1.29, 1.82) is 0 Å². The van der Waals surface area contributed by atoms with E-state index in [1.807, 2.05) is 36.1 Å². The average molecular weight is 300 g/mol. The van der Waals surface area contributed by atoms with Gasteiger partial charge in [-0.15, -0.1) is 0 Å². The molecule has 2 heterocycles. The van der Waals surface area contributed by atoms with Crippen molar-refractivity contribution in [2.24, 2.45) is 0 Å². The number of benzene rings is 1. The highest BCUT2D eigenvalue weighted by molar-refractivity contribution is 7.07. The van der Waals surface area contributed by atoms with Gasteiger partial charge in [-0.25, -0.2) is 0 Å². The molecule has 2 aromatic rings. The van der Waals surface area contributed by atoms with Crippen LogP contribution in [0, 0.1) is 6.92 Å². The minimum absolute atomic E-state index is 0.158. The molecule has 1 fully saturated rings. The third-order valence-corrected chi connectivity index (χ3v) is 4.68. The van der Waals surface area contributed by atoms with Crippen molar-refractivity contribution in [1.82, 2.24) is 9.80 Å². The van der Waals surface area contributed by atoms with E-state index in [0.717, 1.165) is 38.3 Å². The van der Waals surface area contributed by atoms with Gasteiger partial charge in [0, 0.05) is 38.3 Å². The van der Waals surface area contributed by atoms with Crippen molar-refractivity contribution in [2.45, 2.75) is 13.5 Å². The molecule has 0 N–H and O–H groups in total. The first kappa shape index (κ1) is 14.3. The van der Waals surface area contributed by atoms with E-state index in [4.69, 9.17) is 0 Å². The largest absolute Gasteiger partial charge is 0.336 e. The quantitative estimate of drug-likeness (QED) is 0.870. The molecule has 110 valence electrons. The molecule has 1 aliphatic rings. The summed E-state index contributed by atoms with van der Waals surface area (Å²) in [5.74, 6) is 0.158. The lowest BCUT2D eigenvalue weighted by molar-refractivity contribution is 0.0628. The first-order valence-corrected chi connectivity index (χ1v) is 8.26. The minimum atomic E-state index is 0.158. The van der Waals surface area contributed by atoms with Gasteiger partial charge in [0.1, 0.15) is 0 Å². The number of nitrogens with zero attached hydrogens (tertiary/aromatic N) is 2. The first-order chi connectivity index (χ1) is 10.2. The molecule has 1 aromatic heterocycles. The van der Waals surface area contributed by atoms with Gasteiger partial charge in [0.15, 0.2) is 0 Å². The molecule has 1 aliphatic heterocycles. The van der Waals surface area contributed by atoms with Crippen molar-refractivity contribution in [2.75, 3.05) is 26.2 Å². The van der Waals surface area contributed by atoms with Gasteiger partial charge in [0.25, 0.3) is 5.91 Å². The maximum atomic E-state index is 12.4. The number of hydrogen-bond acceptors (Lipinski definition) is 3. The summed E-state index contributed by atoms with van der Waals surface area (Å²) in [7, 11) is 0. The predicted octanol–water partition coefficient (Wildman–Crippen LogP) is 3.01. The molecule has 0 unspecified atom stereocenters. The highest BCUT2D eigenvalue weighted by Crippen LogP contribution is 2.13. The van der Waals surface area contributed by atoms with Crippen LogP contribution in [-0.4, -0.2) is 41.9 Å². The van der Waals surface area contributed by atoms with Gasteiger partial charge in [0.2, 0.25) is 0 Å². The predicted molar refractivity (Wildman–Crippen MR) is 86.7 cm³/mol. The van der Waals surface area contributed by atoms with Crippen molar-refractivity contribution in [3.05, 3.63) is 57.8 Å². The third-order valence-electron chi connectivity index (χ3n) is 3.94. The van der Waals surface area contributed by atoms with Crippen LogP contribution < -0.4 is 0 Å². The number of thiophene rings is 1. The molecular formula is C17H20N2OS. The Morgan fingerprint density at radius 1 is 1.10 bits per heavy atom. The molecule has 0 aliphatic carbocycles. The Bertz CT molecular complexity index is 584. The summed E-state index contributed by atoms with van der Waals surface area (Å²) in [5, 5.41) is 4.32. The smallest absolute Gasteiger partial charge is 0.253 e. The second-order valence-electron chi connectivity index (χ2n) is 5.57. The summed E-state index contributed by atoms with van der Waals surface area (Å²) in [6, 6.07) is 10.0. The standard InChI is InChI=1S/C17H20N2OS/c1-14-2-4-16(5-3-14)17(20)19-9-7-18(8-10-19)12-15-6-11-21-13-15/h2-6,11,13H,7-10,12H2,1H3. The zero-order valence-corrected chi connectivity index (χ0v) is 13.1. The monoisotopic (exact) mass is 300 g/mol. The molecule has 0 radical (unpaired) electrons. The third kappa shape index (κ3) is 3.52. The Morgan fingerprint density at radius 3 is 2.43 bits per heavy atom. The fraction of sp³-hybridized carbons (Fsp3) is 0.353. The van der Waals surface area contributed by atoms with Crippen LogP contribution in [0.1, 0.15) is 21.5 Å². The van der Waals surface area contributed by atoms with Crippen LogP contribution in [0.4, 0.5) is 0 Å². The summed E-state index contributed by atoms with van der Waals surface area (Å²) >= 11 is 1.74. The molecule has 4 heteroatoms. The zero-order valence-electron chi connectivity index (χ0n) is 12.3. The summed E-state index contributed by atoms with van der Waals surface area (Å²) in [4.78, 5) is 16.8. The van der Waals surface area contributed by atoms with Gasteiger partial charge in [-0.2, -0.15) is 11.3 Å². The number of carbonyl (C=O) groups is 1. The maximum Gasteiger partial charge on any atom is 0.253 e. The lowest BCUT2D eigenvalue weighted by Gasteiger charge is -2.34. The second-order valence-corrected chi connectivity index (χ2v) is 6.35. The SMILES string of the molecule is Cc1ccc(C(=O)N2CCN(Cc3ccsc3)CC2)cc1. The maximum absolute atomic E-state index is 12.4. The van der Waals surface area contributed by atoms with Crippen molar-refractivity contribution in [3.8, 4) is 0 Å². The van der Waals surface area contributed by atoms with Crippen molar-refractivity contribution >= 4 is 17.2 Å². The van der Waals surface area contributed by atoms with Gasteiger partial charge in [-0.3, -0.25) is 9.69 Å². The highest BCUT2D eigenvalue weighted by atomic mass is 32.1. The Morgan fingerprint density at radius 2 is 1.81 bits per heavy atom. The van der Waals surface area contributed by atoms with E-state index < -0.39 is 0 Å². The normalized spacial score (nSPS) is 16.1. The van der Waals surface area contributed by atoms with Gasteiger partial charge in [-0.1, -0.05) is 17.7 Å². The van der Waals surface area contributed by atoms with E-state index in [2.05, 4.69) is 21.7 Å². The van der Waals surface area contributed by atoms with E-state index in [9.17, 15) is 4.79 Å². The lowest BCUT2D eigenvalue weighted by atomic mass is 10.1. The summed E-state index contributed by atoms with van der Waals surface area (Å²) in [6.45, 7) is 6.57. The average Bonchev–Trinajstić information content (AvgIpc) is 3.01. The Balaban J connectivity index is 1.55. The molecule has 0 saturated carbocycles. The van der Waals surface area contributed by atoms with Crippen molar-refractivity contribution in [3.63, 3.8) is 0 Å². The summed E-state index contributed by atoms with van der Waals surface area (Å²) < 4.78 is 0. The van der Waals surface area contributed by atoms with Gasteiger partial charge >= 0.3 is 0 Å². The van der Waals surface area contributed by atoms with Gasteiger partial charge < -0.3 is 4.90 Å².